The van der Waals surface area contributed by atoms with Gasteiger partial charge in [0.25, 0.3) is 5.69 Å². The van der Waals surface area contributed by atoms with Crippen LogP contribution in [0.25, 0.3) is 0 Å². The summed E-state index contributed by atoms with van der Waals surface area (Å²) in [5.41, 5.74) is 0.391. The molecule has 1 unspecified atom stereocenters. The van der Waals surface area contributed by atoms with E-state index in [0.29, 0.717) is 15.8 Å². The summed E-state index contributed by atoms with van der Waals surface area (Å²) in [5, 5.41) is 10.8. The van der Waals surface area contributed by atoms with Crippen LogP contribution < -0.4 is 4.74 Å². The number of nitro benzene ring substituents is 1. The van der Waals surface area contributed by atoms with E-state index in [4.69, 9.17) is 4.74 Å². The summed E-state index contributed by atoms with van der Waals surface area (Å²) in [6.07, 6.45) is -3.96. The topological polar surface area (TPSA) is 52.4 Å². The Morgan fingerprint density at radius 2 is 2.05 bits per heavy atom. The maximum atomic E-state index is 12.3. The van der Waals surface area contributed by atoms with Crippen LogP contribution in [0, 0.1) is 23.0 Å². The van der Waals surface area contributed by atoms with Gasteiger partial charge < -0.3 is 4.74 Å². The first-order valence-corrected chi connectivity index (χ1v) is 7.06. The first-order valence-electron chi connectivity index (χ1n) is 6.27. The van der Waals surface area contributed by atoms with Crippen LogP contribution in [0.3, 0.4) is 0 Å². The molecule has 0 bridgehead atoms. The summed E-state index contributed by atoms with van der Waals surface area (Å²) in [6.45, 7) is 2.82. The second kappa shape index (κ2) is 7.11. The first kappa shape index (κ1) is 17.7. The van der Waals surface area contributed by atoms with Gasteiger partial charge in [0.2, 0.25) is 0 Å². The Hall–Kier alpha value is -1.31. The molecular formula is C13H15BrF3NO3. The summed E-state index contributed by atoms with van der Waals surface area (Å²) in [6, 6.07) is 2.82. The number of nitro groups is 1. The van der Waals surface area contributed by atoms with Crippen LogP contribution in [0.4, 0.5) is 18.9 Å². The third-order valence-electron chi connectivity index (χ3n) is 3.04. The minimum atomic E-state index is -4.19. The first-order chi connectivity index (χ1) is 9.62. The molecule has 0 fully saturated rings. The smallest absolute Gasteiger partial charge is 0.391 e. The van der Waals surface area contributed by atoms with Gasteiger partial charge >= 0.3 is 6.18 Å². The minimum absolute atomic E-state index is 0.0208. The third kappa shape index (κ3) is 5.18. The molecule has 4 nitrogen and oxygen atoms in total. The molecule has 0 N–H and O–H groups in total. The number of rotatable bonds is 6. The highest BCUT2D eigenvalue weighted by Crippen LogP contribution is 2.33. The molecule has 0 aliphatic rings. The van der Waals surface area contributed by atoms with E-state index in [1.54, 1.807) is 6.92 Å². The van der Waals surface area contributed by atoms with Crippen LogP contribution in [0.2, 0.25) is 0 Å². The predicted octanol–water partition coefficient (Wildman–Crippen LogP) is 5.02. The van der Waals surface area contributed by atoms with Crippen molar-refractivity contribution in [2.24, 2.45) is 5.92 Å². The number of benzene rings is 1. The summed E-state index contributed by atoms with van der Waals surface area (Å²) in [5.74, 6) is -0.985. The molecule has 21 heavy (non-hydrogen) atoms. The molecule has 0 aliphatic carbocycles. The Morgan fingerprint density at radius 1 is 1.43 bits per heavy atom. The van der Waals surface area contributed by atoms with E-state index in [9.17, 15) is 23.3 Å². The zero-order valence-corrected chi connectivity index (χ0v) is 13.1. The van der Waals surface area contributed by atoms with E-state index < -0.39 is 17.0 Å². The number of alkyl halides is 3. The molecule has 0 radical (unpaired) electrons. The Balaban J connectivity index is 2.57. The van der Waals surface area contributed by atoms with Crippen molar-refractivity contribution in [1.82, 2.24) is 0 Å². The molecule has 0 saturated heterocycles. The van der Waals surface area contributed by atoms with Crippen LogP contribution in [0.1, 0.15) is 25.3 Å². The maximum Gasteiger partial charge on any atom is 0.391 e. The fraction of sp³-hybridized carbons (Fsp3) is 0.538. The van der Waals surface area contributed by atoms with E-state index in [1.165, 1.54) is 12.1 Å². The summed E-state index contributed by atoms with van der Waals surface area (Å²) in [7, 11) is 0. The SMILES string of the molecule is Cc1cc(OCCCC(C)C(F)(F)F)c(Br)cc1[N+](=O)[O-]. The van der Waals surface area contributed by atoms with E-state index >= 15 is 0 Å². The van der Waals surface area contributed by atoms with Crippen molar-refractivity contribution >= 4 is 21.6 Å². The molecule has 1 aromatic carbocycles. The second-order valence-electron chi connectivity index (χ2n) is 4.76. The summed E-state index contributed by atoms with van der Waals surface area (Å²) in [4.78, 5) is 10.2. The minimum Gasteiger partial charge on any atom is -0.492 e. The van der Waals surface area contributed by atoms with Crippen LogP contribution >= 0.6 is 15.9 Å². The van der Waals surface area contributed by atoms with Gasteiger partial charge in [0.15, 0.2) is 0 Å². The van der Waals surface area contributed by atoms with Crippen molar-refractivity contribution in [3.63, 3.8) is 0 Å². The second-order valence-corrected chi connectivity index (χ2v) is 5.61. The molecule has 1 rings (SSSR count). The van der Waals surface area contributed by atoms with Crippen LogP contribution in [-0.4, -0.2) is 17.7 Å². The molecule has 0 heterocycles. The van der Waals surface area contributed by atoms with Crippen molar-refractivity contribution in [2.45, 2.75) is 32.9 Å². The average Bonchev–Trinajstić information content (AvgIpc) is 2.36. The molecule has 0 amide bonds. The van der Waals surface area contributed by atoms with Crippen LogP contribution in [0.15, 0.2) is 16.6 Å². The highest BCUT2D eigenvalue weighted by molar-refractivity contribution is 9.10. The number of ether oxygens (including phenoxy) is 1. The number of nitrogens with zero attached hydrogens (tertiary/aromatic N) is 1. The quantitative estimate of drug-likeness (QED) is 0.401. The number of hydrogen-bond acceptors (Lipinski definition) is 3. The summed E-state index contributed by atoms with van der Waals surface area (Å²) >= 11 is 3.15. The molecule has 118 valence electrons. The van der Waals surface area contributed by atoms with E-state index in [0.717, 1.165) is 6.92 Å². The van der Waals surface area contributed by atoms with Gasteiger partial charge in [0.05, 0.1) is 21.9 Å². The number of halogens is 4. The molecule has 0 aliphatic heterocycles. The molecule has 1 aromatic rings. The van der Waals surface area contributed by atoms with Gasteiger partial charge in [0.1, 0.15) is 5.75 Å². The highest BCUT2D eigenvalue weighted by Gasteiger charge is 2.35. The van der Waals surface area contributed by atoms with Crippen molar-refractivity contribution in [2.75, 3.05) is 6.61 Å². The largest absolute Gasteiger partial charge is 0.492 e. The van der Waals surface area contributed by atoms with E-state index in [2.05, 4.69) is 15.9 Å². The van der Waals surface area contributed by atoms with Gasteiger partial charge in [0, 0.05) is 11.6 Å². The lowest BCUT2D eigenvalue weighted by Crippen LogP contribution is -2.20. The fourth-order valence-corrected chi connectivity index (χ4v) is 2.13. The van der Waals surface area contributed by atoms with Crippen molar-refractivity contribution in [1.29, 1.82) is 0 Å². The van der Waals surface area contributed by atoms with Crippen LogP contribution in [-0.2, 0) is 0 Å². The van der Waals surface area contributed by atoms with Gasteiger partial charge in [-0.1, -0.05) is 6.92 Å². The molecule has 0 spiro atoms. The fourth-order valence-electron chi connectivity index (χ4n) is 1.69. The van der Waals surface area contributed by atoms with E-state index in [1.807, 2.05) is 0 Å². The normalized spacial score (nSPS) is 13.0. The Labute approximate surface area is 128 Å². The molecule has 0 saturated carbocycles. The lowest BCUT2D eigenvalue weighted by molar-refractivity contribution is -0.385. The zero-order chi connectivity index (χ0) is 16.2. The molecule has 8 heteroatoms. The lowest BCUT2D eigenvalue weighted by atomic mass is 10.1. The average molecular weight is 370 g/mol. The van der Waals surface area contributed by atoms with Gasteiger partial charge in [-0.05, 0) is 41.8 Å². The number of aryl methyl sites for hydroxylation is 1. The van der Waals surface area contributed by atoms with Gasteiger partial charge in [-0.25, -0.2) is 0 Å². The Kier molecular flexibility index (Phi) is 6.00. The van der Waals surface area contributed by atoms with Crippen molar-refractivity contribution in [3.8, 4) is 5.75 Å². The standard InChI is InChI=1S/C13H15BrF3NO3/c1-8-6-12(10(14)7-11(8)18(19)20)21-5-3-4-9(2)13(15,16)17/h6-7,9H,3-5H2,1-2H3. The van der Waals surface area contributed by atoms with E-state index in [-0.39, 0.29) is 25.1 Å². The van der Waals surface area contributed by atoms with Crippen LogP contribution in [0.5, 0.6) is 5.75 Å². The number of hydrogen-bond donors (Lipinski definition) is 0. The predicted molar refractivity (Wildman–Crippen MR) is 75.5 cm³/mol. The van der Waals surface area contributed by atoms with Gasteiger partial charge in [-0.3, -0.25) is 10.1 Å². The van der Waals surface area contributed by atoms with Crippen molar-refractivity contribution < 1.29 is 22.8 Å². The highest BCUT2D eigenvalue weighted by atomic mass is 79.9. The monoisotopic (exact) mass is 369 g/mol. The van der Waals surface area contributed by atoms with Gasteiger partial charge in [-0.15, -0.1) is 0 Å². The molecule has 1 atom stereocenters. The molecule has 0 aromatic heterocycles. The van der Waals surface area contributed by atoms with Gasteiger partial charge in [-0.2, -0.15) is 13.2 Å². The summed E-state index contributed by atoms with van der Waals surface area (Å²) < 4.78 is 42.8. The lowest BCUT2D eigenvalue weighted by Gasteiger charge is -2.15. The van der Waals surface area contributed by atoms with Crippen molar-refractivity contribution in [3.05, 3.63) is 32.3 Å². The Bertz CT molecular complexity index is 520. The Morgan fingerprint density at radius 3 is 2.57 bits per heavy atom. The third-order valence-corrected chi connectivity index (χ3v) is 3.66. The zero-order valence-electron chi connectivity index (χ0n) is 11.5. The maximum absolute atomic E-state index is 12.3. The molecular weight excluding hydrogens is 355 g/mol.